The maximum atomic E-state index is 12.4. The van der Waals surface area contributed by atoms with Crippen molar-refractivity contribution in [2.75, 3.05) is 20.3 Å². The molecule has 0 atom stereocenters. The third-order valence-corrected chi connectivity index (χ3v) is 6.15. The average Bonchev–Trinajstić information content (AvgIpc) is 3.34. The standard InChI is InChI=1S/C19H20N6O5S/c1-12-18(13(2)30-24-12)31(26,27)20-9-10-29-17-8-7-16-21-22-19(25(16)23-17)14-5-4-6-15(11-14)28-3/h4-8,11,20H,9-10H2,1-3H3. The second kappa shape index (κ2) is 8.32. The molecule has 0 saturated heterocycles. The number of sulfonamides is 1. The number of aryl methyl sites for hydroxylation is 2. The maximum Gasteiger partial charge on any atom is 0.246 e. The molecule has 3 aromatic heterocycles. The van der Waals surface area contributed by atoms with E-state index in [4.69, 9.17) is 14.0 Å². The molecule has 0 saturated carbocycles. The molecular formula is C19H20N6O5S. The molecule has 31 heavy (non-hydrogen) atoms. The van der Waals surface area contributed by atoms with Gasteiger partial charge in [0.15, 0.2) is 17.2 Å². The van der Waals surface area contributed by atoms with Crippen LogP contribution >= 0.6 is 0 Å². The van der Waals surface area contributed by atoms with Gasteiger partial charge < -0.3 is 14.0 Å². The molecule has 162 valence electrons. The van der Waals surface area contributed by atoms with Crippen LogP contribution in [0, 0.1) is 13.8 Å². The Hall–Kier alpha value is -3.51. The van der Waals surface area contributed by atoms with E-state index in [9.17, 15) is 8.42 Å². The van der Waals surface area contributed by atoms with Crippen LogP contribution in [0.15, 0.2) is 45.8 Å². The Kier molecular flexibility index (Phi) is 5.57. The first-order chi connectivity index (χ1) is 14.9. The molecule has 0 spiro atoms. The van der Waals surface area contributed by atoms with Gasteiger partial charge >= 0.3 is 0 Å². The Labute approximate surface area is 178 Å². The number of ether oxygens (including phenoxy) is 2. The van der Waals surface area contributed by atoms with E-state index in [2.05, 4.69) is 25.2 Å². The predicted molar refractivity (Wildman–Crippen MR) is 109 cm³/mol. The van der Waals surface area contributed by atoms with E-state index < -0.39 is 10.0 Å². The maximum absolute atomic E-state index is 12.4. The Morgan fingerprint density at radius 1 is 1.16 bits per heavy atom. The number of benzene rings is 1. The fourth-order valence-electron chi connectivity index (χ4n) is 3.05. The van der Waals surface area contributed by atoms with Gasteiger partial charge in [-0.25, -0.2) is 13.1 Å². The highest BCUT2D eigenvalue weighted by atomic mass is 32.2. The molecule has 0 radical (unpaired) electrons. The zero-order chi connectivity index (χ0) is 22.0. The van der Waals surface area contributed by atoms with Crippen LogP contribution < -0.4 is 14.2 Å². The lowest BCUT2D eigenvalue weighted by Crippen LogP contribution is -2.29. The normalized spacial score (nSPS) is 11.7. The van der Waals surface area contributed by atoms with Crippen LogP contribution in [-0.4, -0.2) is 53.6 Å². The van der Waals surface area contributed by atoms with Gasteiger partial charge in [-0.3, -0.25) is 0 Å². The van der Waals surface area contributed by atoms with Crippen molar-refractivity contribution in [1.29, 1.82) is 0 Å². The Morgan fingerprint density at radius 3 is 2.74 bits per heavy atom. The van der Waals surface area contributed by atoms with Crippen molar-refractivity contribution in [3.63, 3.8) is 0 Å². The second-order valence-electron chi connectivity index (χ2n) is 6.60. The van der Waals surface area contributed by atoms with E-state index in [-0.39, 0.29) is 23.8 Å². The lowest BCUT2D eigenvalue weighted by atomic mass is 10.2. The van der Waals surface area contributed by atoms with Gasteiger partial charge in [0, 0.05) is 18.2 Å². The summed E-state index contributed by atoms with van der Waals surface area (Å²) in [6.45, 7) is 3.22. The summed E-state index contributed by atoms with van der Waals surface area (Å²) in [6.07, 6.45) is 0. The number of rotatable bonds is 8. The van der Waals surface area contributed by atoms with E-state index in [1.54, 1.807) is 37.6 Å². The minimum atomic E-state index is -3.75. The fraction of sp³-hybridized carbons (Fsp3) is 0.263. The number of hydrogen-bond donors (Lipinski definition) is 1. The molecule has 0 amide bonds. The lowest BCUT2D eigenvalue weighted by molar-refractivity contribution is 0.306. The predicted octanol–water partition coefficient (Wildman–Crippen LogP) is 1.76. The van der Waals surface area contributed by atoms with Gasteiger partial charge in [0.05, 0.1) is 7.11 Å². The summed E-state index contributed by atoms with van der Waals surface area (Å²) in [6, 6.07) is 10.7. The van der Waals surface area contributed by atoms with E-state index in [0.29, 0.717) is 28.8 Å². The molecule has 11 nitrogen and oxygen atoms in total. The van der Waals surface area contributed by atoms with Crippen LogP contribution in [0.25, 0.3) is 17.0 Å². The van der Waals surface area contributed by atoms with Crippen LogP contribution in [0.4, 0.5) is 0 Å². The fourth-order valence-corrected chi connectivity index (χ4v) is 4.39. The van der Waals surface area contributed by atoms with Gasteiger partial charge in [0.1, 0.15) is 22.9 Å². The highest BCUT2D eigenvalue weighted by Crippen LogP contribution is 2.23. The molecule has 0 aliphatic heterocycles. The molecule has 4 rings (SSSR count). The molecular weight excluding hydrogens is 424 g/mol. The van der Waals surface area contributed by atoms with Crippen molar-refractivity contribution >= 4 is 15.7 Å². The van der Waals surface area contributed by atoms with Crippen molar-refractivity contribution < 1.29 is 22.4 Å². The van der Waals surface area contributed by atoms with Gasteiger partial charge in [0.2, 0.25) is 15.9 Å². The number of nitrogens with zero attached hydrogens (tertiary/aromatic N) is 5. The smallest absolute Gasteiger partial charge is 0.246 e. The number of nitrogens with one attached hydrogen (secondary N) is 1. The van der Waals surface area contributed by atoms with Crippen molar-refractivity contribution in [3.05, 3.63) is 47.9 Å². The van der Waals surface area contributed by atoms with Gasteiger partial charge in [0.25, 0.3) is 0 Å². The topological polar surface area (TPSA) is 134 Å². The first-order valence-corrected chi connectivity index (χ1v) is 10.8. The third-order valence-electron chi connectivity index (χ3n) is 4.45. The van der Waals surface area contributed by atoms with Crippen molar-refractivity contribution in [3.8, 4) is 23.0 Å². The summed E-state index contributed by atoms with van der Waals surface area (Å²) in [7, 11) is -2.16. The van der Waals surface area contributed by atoms with Crippen LogP contribution in [0.3, 0.4) is 0 Å². The summed E-state index contributed by atoms with van der Waals surface area (Å²) in [5, 5.41) is 16.4. The molecule has 0 aliphatic carbocycles. The van der Waals surface area contributed by atoms with E-state index in [1.807, 2.05) is 24.3 Å². The molecule has 4 aromatic rings. The number of aromatic nitrogens is 5. The first kappa shape index (κ1) is 20.8. The number of hydrogen-bond acceptors (Lipinski definition) is 9. The van der Waals surface area contributed by atoms with Crippen LogP contribution in [-0.2, 0) is 10.0 Å². The zero-order valence-electron chi connectivity index (χ0n) is 17.1. The monoisotopic (exact) mass is 444 g/mol. The van der Waals surface area contributed by atoms with Crippen LogP contribution in [0.5, 0.6) is 11.6 Å². The Balaban J connectivity index is 1.46. The van der Waals surface area contributed by atoms with Gasteiger partial charge in [-0.2, -0.15) is 4.52 Å². The minimum Gasteiger partial charge on any atom is -0.497 e. The van der Waals surface area contributed by atoms with Crippen molar-refractivity contribution in [2.24, 2.45) is 0 Å². The summed E-state index contributed by atoms with van der Waals surface area (Å²) < 4.78 is 44.7. The third kappa shape index (κ3) is 4.20. The second-order valence-corrected chi connectivity index (χ2v) is 8.30. The molecule has 0 bridgehead atoms. The van der Waals surface area contributed by atoms with Crippen molar-refractivity contribution in [1.82, 2.24) is 29.7 Å². The number of methoxy groups -OCH3 is 1. The van der Waals surface area contributed by atoms with Crippen LogP contribution in [0.1, 0.15) is 11.5 Å². The summed E-state index contributed by atoms with van der Waals surface area (Å²) in [5.74, 6) is 1.74. The molecule has 0 unspecified atom stereocenters. The lowest BCUT2D eigenvalue weighted by Gasteiger charge is -2.08. The zero-order valence-corrected chi connectivity index (χ0v) is 17.9. The minimum absolute atomic E-state index is 0.0387. The van der Waals surface area contributed by atoms with Gasteiger partial charge in [-0.05, 0) is 32.0 Å². The Bertz CT molecular complexity index is 1310. The van der Waals surface area contributed by atoms with Crippen molar-refractivity contribution in [2.45, 2.75) is 18.7 Å². The Morgan fingerprint density at radius 2 is 2.00 bits per heavy atom. The molecule has 1 N–H and O–H groups in total. The van der Waals surface area contributed by atoms with Gasteiger partial charge in [-0.1, -0.05) is 17.3 Å². The summed E-state index contributed by atoms with van der Waals surface area (Å²) in [5.41, 5.74) is 1.63. The summed E-state index contributed by atoms with van der Waals surface area (Å²) in [4.78, 5) is 0.0412. The van der Waals surface area contributed by atoms with E-state index >= 15 is 0 Å². The number of fused-ring (bicyclic) bond motifs is 1. The van der Waals surface area contributed by atoms with Gasteiger partial charge in [-0.15, -0.1) is 15.3 Å². The molecule has 0 aliphatic rings. The van der Waals surface area contributed by atoms with E-state index in [0.717, 1.165) is 5.56 Å². The first-order valence-electron chi connectivity index (χ1n) is 9.31. The highest BCUT2D eigenvalue weighted by molar-refractivity contribution is 7.89. The molecule has 12 heteroatoms. The molecule has 3 heterocycles. The molecule has 1 aromatic carbocycles. The SMILES string of the molecule is COc1cccc(-c2nnc3ccc(OCCNS(=O)(=O)c4c(C)noc4C)nn23)c1. The van der Waals surface area contributed by atoms with Crippen LogP contribution in [0.2, 0.25) is 0 Å². The summed E-state index contributed by atoms with van der Waals surface area (Å²) >= 11 is 0. The van der Waals surface area contributed by atoms with E-state index in [1.165, 1.54) is 0 Å². The highest BCUT2D eigenvalue weighted by Gasteiger charge is 2.23. The average molecular weight is 444 g/mol. The quantitative estimate of drug-likeness (QED) is 0.403. The molecule has 0 fully saturated rings. The largest absolute Gasteiger partial charge is 0.497 e.